The Labute approximate surface area is 135 Å². The molecular weight excluding hydrogens is 334 g/mol. The first-order valence-corrected chi connectivity index (χ1v) is 8.34. The highest BCUT2D eigenvalue weighted by molar-refractivity contribution is 9.10. The second-order valence-electron chi connectivity index (χ2n) is 5.55. The Bertz CT molecular complexity index is 436. The second-order valence-corrected chi connectivity index (χ2v) is 6.40. The molecule has 2 N–H and O–H groups in total. The molecule has 0 radical (unpaired) electrons. The van der Waals surface area contributed by atoms with Crippen LogP contribution in [0.2, 0.25) is 0 Å². The lowest BCUT2D eigenvalue weighted by Gasteiger charge is -2.23. The van der Waals surface area contributed by atoms with Gasteiger partial charge in [-0.3, -0.25) is 0 Å². The fraction of sp³-hybridized carbons (Fsp3) is 0.625. The number of aliphatic hydroxyl groups is 1. The molecule has 0 aromatic heterocycles. The molecule has 1 aliphatic rings. The fourth-order valence-electron chi connectivity index (χ4n) is 2.35. The van der Waals surface area contributed by atoms with Crippen LogP contribution in [0.1, 0.15) is 24.8 Å². The molecule has 0 amide bonds. The maximum atomic E-state index is 9.94. The average molecular weight is 358 g/mol. The van der Waals surface area contributed by atoms with Gasteiger partial charge in [0, 0.05) is 19.7 Å². The van der Waals surface area contributed by atoms with Crippen LogP contribution in [0.5, 0.6) is 5.75 Å². The lowest BCUT2D eigenvalue weighted by atomic mass is 10.1. The zero-order chi connectivity index (χ0) is 15.1. The van der Waals surface area contributed by atoms with Crippen molar-refractivity contribution in [2.75, 3.05) is 26.3 Å². The van der Waals surface area contributed by atoms with Crippen molar-refractivity contribution in [3.05, 3.63) is 28.2 Å². The SMILES string of the molecule is Cc1ccc(OCC(O)CNCC2CCCCO2)c(Br)c1. The minimum atomic E-state index is -0.526. The summed E-state index contributed by atoms with van der Waals surface area (Å²) in [6, 6.07) is 5.90. The molecule has 1 aromatic rings. The number of aliphatic hydroxyl groups excluding tert-OH is 1. The van der Waals surface area contributed by atoms with Gasteiger partial charge in [0.2, 0.25) is 0 Å². The van der Waals surface area contributed by atoms with Gasteiger partial charge in [-0.25, -0.2) is 0 Å². The Kier molecular flexibility index (Phi) is 6.96. The maximum absolute atomic E-state index is 9.94. The van der Waals surface area contributed by atoms with Gasteiger partial charge < -0.3 is 19.9 Å². The summed E-state index contributed by atoms with van der Waals surface area (Å²) in [6.45, 7) is 4.48. The van der Waals surface area contributed by atoms with E-state index in [0.717, 1.165) is 29.8 Å². The molecule has 0 saturated carbocycles. The van der Waals surface area contributed by atoms with Gasteiger partial charge in [-0.1, -0.05) is 6.07 Å². The van der Waals surface area contributed by atoms with Crippen LogP contribution in [0.4, 0.5) is 0 Å². The summed E-state index contributed by atoms with van der Waals surface area (Å²) < 4.78 is 12.2. The van der Waals surface area contributed by atoms with Crippen molar-refractivity contribution in [3.8, 4) is 5.75 Å². The average Bonchev–Trinajstić information content (AvgIpc) is 2.47. The zero-order valence-corrected chi connectivity index (χ0v) is 14.1. The Morgan fingerprint density at radius 1 is 1.48 bits per heavy atom. The largest absolute Gasteiger partial charge is 0.490 e. The summed E-state index contributed by atoms with van der Waals surface area (Å²) in [5.41, 5.74) is 1.17. The summed E-state index contributed by atoms with van der Waals surface area (Å²) in [7, 11) is 0. The predicted molar refractivity (Wildman–Crippen MR) is 86.8 cm³/mol. The summed E-state index contributed by atoms with van der Waals surface area (Å²) in [5, 5.41) is 13.2. The first kappa shape index (κ1) is 16.7. The quantitative estimate of drug-likeness (QED) is 0.787. The first-order valence-electron chi connectivity index (χ1n) is 7.54. The first-order chi connectivity index (χ1) is 10.1. The molecule has 1 aliphatic heterocycles. The number of rotatable bonds is 7. The molecule has 21 heavy (non-hydrogen) atoms. The third-order valence-electron chi connectivity index (χ3n) is 3.54. The van der Waals surface area contributed by atoms with E-state index in [1.54, 1.807) is 0 Å². The van der Waals surface area contributed by atoms with Crippen molar-refractivity contribution in [2.24, 2.45) is 0 Å². The predicted octanol–water partition coefficient (Wildman–Crippen LogP) is 2.66. The molecule has 1 fully saturated rings. The van der Waals surface area contributed by atoms with E-state index in [9.17, 15) is 5.11 Å². The third kappa shape index (κ3) is 5.94. The summed E-state index contributed by atoms with van der Waals surface area (Å²) in [4.78, 5) is 0. The van der Waals surface area contributed by atoms with E-state index < -0.39 is 6.10 Å². The van der Waals surface area contributed by atoms with Crippen molar-refractivity contribution in [1.29, 1.82) is 0 Å². The minimum absolute atomic E-state index is 0.278. The van der Waals surface area contributed by atoms with Gasteiger partial charge in [0.25, 0.3) is 0 Å². The molecule has 2 unspecified atom stereocenters. The van der Waals surface area contributed by atoms with E-state index in [1.807, 2.05) is 25.1 Å². The molecule has 1 saturated heterocycles. The van der Waals surface area contributed by atoms with Crippen molar-refractivity contribution in [3.63, 3.8) is 0 Å². The number of halogens is 1. The second kappa shape index (κ2) is 8.73. The Balaban J connectivity index is 1.63. The standard InChI is InChI=1S/C16H24BrNO3/c1-12-5-6-16(15(17)8-12)21-11-13(19)9-18-10-14-4-2-3-7-20-14/h5-6,8,13-14,18-19H,2-4,7,9-11H2,1H3. The van der Waals surface area contributed by atoms with Crippen LogP contribution in [0.15, 0.2) is 22.7 Å². The summed E-state index contributed by atoms with van der Waals surface area (Å²) in [6.07, 6.45) is 3.27. The molecule has 2 rings (SSSR count). The van der Waals surface area contributed by atoms with Crippen LogP contribution >= 0.6 is 15.9 Å². The molecule has 4 nitrogen and oxygen atoms in total. The van der Waals surface area contributed by atoms with E-state index in [2.05, 4.69) is 21.2 Å². The van der Waals surface area contributed by atoms with Gasteiger partial charge in [-0.2, -0.15) is 0 Å². The molecular formula is C16H24BrNO3. The van der Waals surface area contributed by atoms with Crippen LogP contribution in [0, 0.1) is 6.92 Å². The molecule has 0 aliphatic carbocycles. The molecule has 0 bridgehead atoms. The van der Waals surface area contributed by atoms with Crippen LogP contribution in [0.3, 0.4) is 0 Å². The van der Waals surface area contributed by atoms with Crippen molar-refractivity contribution >= 4 is 15.9 Å². The lowest BCUT2D eigenvalue weighted by Crippen LogP contribution is -2.37. The Morgan fingerprint density at radius 2 is 2.33 bits per heavy atom. The summed E-state index contributed by atoms with van der Waals surface area (Å²) >= 11 is 3.46. The van der Waals surface area contributed by atoms with Crippen LogP contribution in [-0.4, -0.2) is 43.6 Å². The van der Waals surface area contributed by atoms with Crippen LogP contribution in [-0.2, 0) is 4.74 Å². The minimum Gasteiger partial charge on any atom is -0.490 e. The number of benzene rings is 1. The number of hydrogen-bond donors (Lipinski definition) is 2. The van der Waals surface area contributed by atoms with Crippen LogP contribution < -0.4 is 10.1 Å². The number of hydrogen-bond acceptors (Lipinski definition) is 4. The van der Waals surface area contributed by atoms with E-state index in [0.29, 0.717) is 6.54 Å². The molecule has 0 spiro atoms. The van der Waals surface area contributed by atoms with E-state index in [1.165, 1.54) is 18.4 Å². The fourth-order valence-corrected chi connectivity index (χ4v) is 2.95. The highest BCUT2D eigenvalue weighted by Gasteiger charge is 2.14. The van der Waals surface area contributed by atoms with Gasteiger partial charge >= 0.3 is 0 Å². The van der Waals surface area contributed by atoms with E-state index in [-0.39, 0.29) is 12.7 Å². The van der Waals surface area contributed by atoms with E-state index in [4.69, 9.17) is 9.47 Å². The lowest BCUT2D eigenvalue weighted by molar-refractivity contribution is 0.0141. The molecule has 1 aromatic carbocycles. The highest BCUT2D eigenvalue weighted by atomic mass is 79.9. The van der Waals surface area contributed by atoms with E-state index >= 15 is 0 Å². The maximum Gasteiger partial charge on any atom is 0.133 e. The third-order valence-corrected chi connectivity index (χ3v) is 4.16. The monoisotopic (exact) mass is 357 g/mol. The van der Waals surface area contributed by atoms with Gasteiger partial charge in [-0.15, -0.1) is 0 Å². The van der Waals surface area contributed by atoms with Crippen molar-refractivity contribution < 1.29 is 14.6 Å². The molecule has 118 valence electrons. The highest BCUT2D eigenvalue weighted by Crippen LogP contribution is 2.25. The Hall–Kier alpha value is -0.620. The number of ether oxygens (including phenoxy) is 2. The zero-order valence-electron chi connectivity index (χ0n) is 12.5. The van der Waals surface area contributed by atoms with Gasteiger partial charge in [-0.05, 0) is 59.8 Å². The van der Waals surface area contributed by atoms with Gasteiger partial charge in [0.05, 0.1) is 10.6 Å². The van der Waals surface area contributed by atoms with Crippen molar-refractivity contribution in [1.82, 2.24) is 5.32 Å². The van der Waals surface area contributed by atoms with Crippen molar-refractivity contribution in [2.45, 2.75) is 38.4 Å². The molecule has 5 heteroatoms. The van der Waals surface area contributed by atoms with Gasteiger partial charge in [0.15, 0.2) is 0 Å². The van der Waals surface area contributed by atoms with Crippen LogP contribution in [0.25, 0.3) is 0 Å². The number of aryl methyl sites for hydroxylation is 1. The normalized spacial score (nSPS) is 20.2. The topological polar surface area (TPSA) is 50.7 Å². The van der Waals surface area contributed by atoms with Gasteiger partial charge in [0.1, 0.15) is 18.5 Å². The molecule has 2 atom stereocenters. The summed E-state index contributed by atoms with van der Waals surface area (Å²) in [5.74, 6) is 0.760. The number of nitrogens with one attached hydrogen (secondary N) is 1. The smallest absolute Gasteiger partial charge is 0.133 e. The molecule has 1 heterocycles. The Morgan fingerprint density at radius 3 is 3.05 bits per heavy atom.